The molecule has 0 amide bonds. The van der Waals surface area contributed by atoms with Gasteiger partial charge in [-0.15, -0.1) is 0 Å². The second-order valence-corrected chi connectivity index (χ2v) is 19.4. The summed E-state index contributed by atoms with van der Waals surface area (Å²) in [4.78, 5) is 39.1. The monoisotopic (exact) mass is 768 g/mol. The Morgan fingerprint density at radius 3 is 1.52 bits per heavy atom. The first-order valence-corrected chi connectivity index (χ1v) is 20.5. The van der Waals surface area contributed by atoms with Crippen molar-refractivity contribution in [2.24, 2.45) is 0 Å². The van der Waals surface area contributed by atoms with E-state index < -0.39 is 101 Å². The molecule has 3 aromatic carbocycles. The molecule has 0 saturated carbocycles. The van der Waals surface area contributed by atoms with Crippen molar-refractivity contribution in [1.29, 1.82) is 0 Å². The minimum absolute atomic E-state index is 0.184. The van der Waals surface area contributed by atoms with Crippen molar-refractivity contribution in [2.75, 3.05) is 13.2 Å². The quantitative estimate of drug-likeness (QED) is 0.119. The van der Waals surface area contributed by atoms with Gasteiger partial charge in [0.1, 0.15) is 55.9 Å². The number of hydrogen-bond acceptors (Lipinski definition) is 14. The Hall–Kier alpha value is -4.03. The lowest BCUT2D eigenvalue weighted by molar-refractivity contribution is -0.352. The van der Waals surface area contributed by atoms with Gasteiger partial charge in [0.25, 0.3) is 0 Å². The summed E-state index contributed by atoms with van der Waals surface area (Å²) in [6.45, 7) is 8.81. The van der Waals surface area contributed by atoms with E-state index in [0.717, 1.165) is 0 Å². The van der Waals surface area contributed by atoms with Crippen LogP contribution in [0.25, 0.3) is 0 Å². The first-order chi connectivity index (χ1) is 25.6. The highest BCUT2D eigenvalue weighted by molar-refractivity contribution is 6.74. The Bertz CT molecular complexity index is 1680. The molecule has 54 heavy (non-hydrogen) atoms. The minimum Gasteiger partial charge on any atom is -0.459 e. The summed E-state index contributed by atoms with van der Waals surface area (Å²) in [7, 11) is -2.71. The van der Waals surface area contributed by atoms with Crippen LogP contribution in [-0.2, 0) is 32.8 Å². The lowest BCUT2D eigenvalue weighted by atomic mass is 9.96. The Morgan fingerprint density at radius 1 is 0.593 bits per heavy atom. The molecule has 14 nitrogen and oxygen atoms in total. The third-order valence-electron chi connectivity index (χ3n) is 9.82. The largest absolute Gasteiger partial charge is 0.459 e. The van der Waals surface area contributed by atoms with Gasteiger partial charge >= 0.3 is 17.9 Å². The molecule has 4 N–H and O–H groups in total. The number of esters is 3. The molecule has 0 radical (unpaired) electrons. The van der Waals surface area contributed by atoms with E-state index >= 15 is 0 Å². The van der Waals surface area contributed by atoms with Crippen LogP contribution in [-0.4, -0.2) is 121 Å². The molecule has 15 heteroatoms. The number of ether oxygens (including phenoxy) is 6. The number of rotatable bonds is 12. The van der Waals surface area contributed by atoms with Crippen LogP contribution in [0.5, 0.6) is 0 Å². The molecule has 0 aliphatic carbocycles. The van der Waals surface area contributed by atoms with E-state index in [1.165, 1.54) is 24.3 Å². The van der Waals surface area contributed by atoms with Crippen LogP contribution in [0.2, 0.25) is 18.1 Å². The molecule has 292 valence electrons. The first-order valence-electron chi connectivity index (χ1n) is 17.6. The summed E-state index contributed by atoms with van der Waals surface area (Å²) in [5.74, 6) is -2.23. The summed E-state index contributed by atoms with van der Waals surface area (Å²) in [5.41, 5.74) is 0.659. The van der Waals surface area contributed by atoms with Gasteiger partial charge < -0.3 is 53.3 Å². The average molecular weight is 769 g/mol. The van der Waals surface area contributed by atoms with Gasteiger partial charge in [0, 0.05) is 0 Å². The lowest BCUT2D eigenvalue weighted by Crippen LogP contribution is -2.66. The average Bonchev–Trinajstić information content (AvgIpc) is 3.16. The van der Waals surface area contributed by atoms with Crippen molar-refractivity contribution in [3.8, 4) is 0 Å². The fourth-order valence-electron chi connectivity index (χ4n) is 5.60. The number of aliphatic hydroxyl groups excluding tert-OH is 4. The zero-order chi connectivity index (χ0) is 39.2. The van der Waals surface area contributed by atoms with E-state index in [-0.39, 0.29) is 21.7 Å². The van der Waals surface area contributed by atoms with Crippen molar-refractivity contribution in [2.45, 2.75) is 100 Å². The van der Waals surface area contributed by atoms with Gasteiger partial charge in [-0.05, 0) is 54.5 Å². The van der Waals surface area contributed by atoms with Gasteiger partial charge in [0.15, 0.2) is 27.0 Å². The lowest BCUT2D eigenvalue weighted by Gasteiger charge is -2.49. The third kappa shape index (κ3) is 9.79. The highest BCUT2D eigenvalue weighted by atomic mass is 28.4. The van der Waals surface area contributed by atoms with E-state index in [4.69, 9.17) is 32.8 Å². The van der Waals surface area contributed by atoms with Crippen molar-refractivity contribution in [1.82, 2.24) is 0 Å². The molecule has 0 bridgehead atoms. The van der Waals surface area contributed by atoms with Gasteiger partial charge in [-0.2, -0.15) is 0 Å². The highest BCUT2D eigenvalue weighted by Gasteiger charge is 2.55. The zero-order valence-corrected chi connectivity index (χ0v) is 31.7. The molecular formula is C39H48O14Si. The smallest absolute Gasteiger partial charge is 0.338 e. The summed E-state index contributed by atoms with van der Waals surface area (Å²) in [5, 5.41) is 44.3. The van der Waals surface area contributed by atoms with Crippen molar-refractivity contribution in [3.05, 3.63) is 108 Å². The standard InChI is InChI=1S/C39H48O14Si/c1-39(2,3)54(4,5)53-38-33(51-36(46)25-19-13-8-14-20-25)31(43)32(27(50-38)22-48-35(45)24-17-11-7-12-18-24)52-37-30(42)29(41)28(40)26(49-37)21-47-34(44)23-15-9-6-10-16-23/h6-20,26-33,37-38,40-43H,21-22H2,1-5H3/t26-,27-,28+,29+,30-,31+,32-,33-,37+,38+/m1/s1. The Morgan fingerprint density at radius 2 is 1.04 bits per heavy atom. The zero-order valence-electron chi connectivity index (χ0n) is 30.7. The number of hydrogen-bond donors (Lipinski definition) is 4. The van der Waals surface area contributed by atoms with E-state index in [9.17, 15) is 34.8 Å². The van der Waals surface area contributed by atoms with Crippen LogP contribution >= 0.6 is 0 Å². The predicted octanol–water partition coefficient (Wildman–Crippen LogP) is 3.23. The Kier molecular flexibility index (Phi) is 13.4. The van der Waals surface area contributed by atoms with E-state index in [2.05, 4.69) is 0 Å². The fraction of sp³-hybridized carbons (Fsp3) is 0.462. The minimum atomic E-state index is -2.71. The van der Waals surface area contributed by atoms with Crippen LogP contribution in [0.1, 0.15) is 51.8 Å². The number of carbonyl (C=O) groups is 3. The normalized spacial score (nSPS) is 28.8. The molecule has 10 atom stereocenters. The van der Waals surface area contributed by atoms with Crippen molar-refractivity contribution >= 4 is 26.2 Å². The molecule has 2 aliphatic rings. The molecule has 5 rings (SSSR count). The topological polar surface area (TPSA) is 197 Å². The predicted molar refractivity (Wildman–Crippen MR) is 194 cm³/mol. The number of carbonyl (C=O) groups excluding carboxylic acids is 3. The van der Waals surface area contributed by atoms with Crippen molar-refractivity contribution in [3.63, 3.8) is 0 Å². The van der Waals surface area contributed by atoms with Gasteiger partial charge in [-0.25, -0.2) is 14.4 Å². The molecule has 0 aromatic heterocycles. The van der Waals surface area contributed by atoms with Crippen molar-refractivity contribution < 1.29 is 67.7 Å². The Balaban J connectivity index is 1.43. The summed E-state index contributed by atoms with van der Waals surface area (Å²) < 4.78 is 41.7. The van der Waals surface area contributed by atoms with E-state index in [1.807, 2.05) is 33.9 Å². The van der Waals surface area contributed by atoms with Gasteiger partial charge in [0.05, 0.1) is 16.7 Å². The van der Waals surface area contributed by atoms with Gasteiger partial charge in [-0.1, -0.05) is 75.4 Å². The third-order valence-corrected chi connectivity index (χ3v) is 14.3. The highest BCUT2D eigenvalue weighted by Crippen LogP contribution is 2.40. The van der Waals surface area contributed by atoms with E-state index in [0.29, 0.717) is 0 Å². The first kappa shape index (κ1) is 41.1. The van der Waals surface area contributed by atoms with Crippen LogP contribution in [0.3, 0.4) is 0 Å². The van der Waals surface area contributed by atoms with Gasteiger partial charge in [-0.3, -0.25) is 0 Å². The van der Waals surface area contributed by atoms with Gasteiger partial charge in [0.2, 0.25) is 0 Å². The van der Waals surface area contributed by atoms with Crippen LogP contribution in [0, 0.1) is 0 Å². The Labute approximate surface area is 314 Å². The molecule has 0 spiro atoms. The molecule has 2 aliphatic heterocycles. The second-order valence-electron chi connectivity index (χ2n) is 14.7. The molecule has 0 unspecified atom stereocenters. The van der Waals surface area contributed by atoms with E-state index in [1.54, 1.807) is 66.7 Å². The second kappa shape index (κ2) is 17.6. The molecular weight excluding hydrogens is 721 g/mol. The molecule has 2 fully saturated rings. The SMILES string of the molecule is CC(C)(C)[Si](C)(C)O[C@@H]1O[C@H](COC(=O)c2ccccc2)[C@@H](O[C@@H]2O[C@H](COC(=O)c3ccccc3)[C@H](O)[C@H](O)[C@H]2O)[C@H](O)[C@H]1OC(=O)c1ccccc1. The van der Waals surface area contributed by atoms with Crippen LogP contribution < -0.4 is 0 Å². The summed E-state index contributed by atoms with van der Waals surface area (Å²) in [6.07, 6.45) is -16.1. The maximum absolute atomic E-state index is 13.4. The molecule has 3 aromatic rings. The fourth-order valence-corrected chi connectivity index (χ4v) is 6.73. The summed E-state index contributed by atoms with van der Waals surface area (Å²) >= 11 is 0. The molecule has 2 heterocycles. The number of aliphatic hydroxyl groups is 4. The summed E-state index contributed by atoms with van der Waals surface area (Å²) in [6, 6.07) is 24.3. The number of benzene rings is 3. The maximum atomic E-state index is 13.4. The maximum Gasteiger partial charge on any atom is 0.338 e. The van der Waals surface area contributed by atoms with Crippen LogP contribution in [0.4, 0.5) is 0 Å². The van der Waals surface area contributed by atoms with Crippen LogP contribution in [0.15, 0.2) is 91.0 Å². The molecule has 2 saturated heterocycles.